The van der Waals surface area contributed by atoms with Crippen LogP contribution in [0, 0.1) is 5.82 Å². The van der Waals surface area contributed by atoms with Gasteiger partial charge in [-0.2, -0.15) is 0 Å². The number of methoxy groups -OCH3 is 1. The molecule has 0 aliphatic carbocycles. The van der Waals surface area contributed by atoms with Gasteiger partial charge in [0.2, 0.25) is 0 Å². The number of aliphatic hydroxyl groups excluding tert-OH is 1. The predicted molar refractivity (Wildman–Crippen MR) is 104 cm³/mol. The van der Waals surface area contributed by atoms with Gasteiger partial charge in [-0.1, -0.05) is 24.3 Å². The Bertz CT molecular complexity index is 1120. The Morgan fingerprint density at radius 2 is 1.89 bits per heavy atom. The Hall–Kier alpha value is -3.18. The molecule has 0 spiro atoms. The molecule has 4 aromatic rings. The molecule has 0 saturated carbocycles. The quantitative estimate of drug-likeness (QED) is 0.562. The van der Waals surface area contributed by atoms with E-state index in [2.05, 4.69) is 4.98 Å². The molecular weight excluding hydrogens is 343 g/mol. The lowest BCUT2D eigenvalue weighted by atomic mass is 10.0. The van der Waals surface area contributed by atoms with Crippen molar-refractivity contribution < 1.29 is 14.2 Å². The largest absolute Gasteiger partial charge is 0.496 e. The van der Waals surface area contributed by atoms with E-state index in [9.17, 15) is 9.50 Å². The summed E-state index contributed by atoms with van der Waals surface area (Å²) in [5.41, 5.74) is 4.55. The zero-order chi connectivity index (χ0) is 19.0. The molecule has 3 aromatic carbocycles. The third kappa shape index (κ3) is 3.06. The van der Waals surface area contributed by atoms with Crippen molar-refractivity contribution in [3.63, 3.8) is 0 Å². The minimum atomic E-state index is -0.545. The fourth-order valence-corrected chi connectivity index (χ4v) is 3.26. The molecule has 0 fully saturated rings. The van der Waals surface area contributed by atoms with Gasteiger partial charge >= 0.3 is 0 Å². The molecule has 0 aliphatic rings. The van der Waals surface area contributed by atoms with Crippen molar-refractivity contribution in [2.24, 2.45) is 0 Å². The maximum Gasteiger partial charge on any atom is 0.134 e. The first-order valence-electron chi connectivity index (χ1n) is 8.67. The summed E-state index contributed by atoms with van der Waals surface area (Å²) in [5.74, 6) is 0.160. The van der Waals surface area contributed by atoms with Gasteiger partial charge in [-0.05, 0) is 54.4 Å². The number of rotatable bonds is 4. The van der Waals surface area contributed by atoms with Gasteiger partial charge in [0.05, 0.1) is 29.8 Å². The third-order valence-corrected chi connectivity index (χ3v) is 4.66. The van der Waals surface area contributed by atoms with Gasteiger partial charge in [0.15, 0.2) is 0 Å². The smallest absolute Gasteiger partial charge is 0.134 e. The number of fused-ring (bicyclic) bond motifs is 1. The van der Waals surface area contributed by atoms with Crippen LogP contribution in [0.25, 0.3) is 27.8 Å². The van der Waals surface area contributed by atoms with Gasteiger partial charge in [-0.15, -0.1) is 0 Å². The predicted octanol–water partition coefficient (Wildman–Crippen LogP) is 4.89. The van der Waals surface area contributed by atoms with Crippen molar-refractivity contribution in [1.29, 1.82) is 0 Å². The molecule has 136 valence electrons. The average Bonchev–Trinajstić information content (AvgIpc) is 3.11. The molecule has 4 nitrogen and oxygen atoms in total. The van der Waals surface area contributed by atoms with Gasteiger partial charge < -0.3 is 9.84 Å². The van der Waals surface area contributed by atoms with Crippen LogP contribution in [-0.4, -0.2) is 21.8 Å². The maximum absolute atomic E-state index is 14.4. The summed E-state index contributed by atoms with van der Waals surface area (Å²) in [6, 6.07) is 18.1. The van der Waals surface area contributed by atoms with Gasteiger partial charge in [-0.3, -0.25) is 4.57 Å². The molecule has 1 N–H and O–H groups in total. The summed E-state index contributed by atoms with van der Waals surface area (Å²) in [6.07, 6.45) is 1.19. The Labute approximate surface area is 156 Å². The van der Waals surface area contributed by atoms with Gasteiger partial charge in [-0.25, -0.2) is 9.37 Å². The van der Waals surface area contributed by atoms with E-state index in [1.165, 1.54) is 13.2 Å². The second-order valence-corrected chi connectivity index (χ2v) is 6.41. The Kier molecular flexibility index (Phi) is 4.38. The van der Waals surface area contributed by atoms with E-state index in [0.29, 0.717) is 11.3 Å². The SMILES string of the molecule is COc1cccc(F)c1-c1cccc(-n2cnc3cc([C@H](C)O)ccc32)c1. The van der Waals surface area contributed by atoms with Crippen LogP contribution in [-0.2, 0) is 0 Å². The highest BCUT2D eigenvalue weighted by Crippen LogP contribution is 2.34. The number of aliphatic hydroxyl groups is 1. The highest BCUT2D eigenvalue weighted by atomic mass is 19.1. The van der Waals surface area contributed by atoms with Crippen LogP contribution in [0.5, 0.6) is 5.75 Å². The van der Waals surface area contributed by atoms with Crippen molar-refractivity contribution in [2.75, 3.05) is 7.11 Å². The van der Waals surface area contributed by atoms with Crippen LogP contribution in [0.15, 0.2) is 67.0 Å². The average molecular weight is 362 g/mol. The number of aromatic nitrogens is 2. The summed E-state index contributed by atoms with van der Waals surface area (Å²) >= 11 is 0. The molecule has 1 aromatic heterocycles. The number of hydrogen-bond donors (Lipinski definition) is 1. The molecule has 4 rings (SSSR count). The highest BCUT2D eigenvalue weighted by Gasteiger charge is 2.13. The second kappa shape index (κ2) is 6.85. The van der Waals surface area contributed by atoms with E-state index in [1.54, 1.807) is 25.4 Å². The molecule has 27 heavy (non-hydrogen) atoms. The Morgan fingerprint density at radius 3 is 2.67 bits per heavy atom. The molecule has 5 heteroatoms. The fraction of sp³-hybridized carbons (Fsp3) is 0.136. The molecule has 0 bridgehead atoms. The summed E-state index contributed by atoms with van der Waals surface area (Å²) in [6.45, 7) is 1.73. The lowest BCUT2D eigenvalue weighted by molar-refractivity contribution is 0.199. The number of halogens is 1. The molecule has 0 unspecified atom stereocenters. The van der Waals surface area contributed by atoms with Crippen molar-refractivity contribution in [3.05, 3.63) is 78.4 Å². The molecule has 0 radical (unpaired) electrons. The molecule has 1 atom stereocenters. The molecule has 0 saturated heterocycles. The van der Waals surface area contributed by atoms with E-state index < -0.39 is 6.10 Å². The van der Waals surface area contributed by atoms with Crippen LogP contribution >= 0.6 is 0 Å². The van der Waals surface area contributed by atoms with Crippen molar-refractivity contribution >= 4 is 11.0 Å². The van der Waals surface area contributed by atoms with Crippen molar-refractivity contribution in [1.82, 2.24) is 9.55 Å². The Balaban J connectivity index is 1.84. The van der Waals surface area contributed by atoms with E-state index >= 15 is 0 Å². The van der Waals surface area contributed by atoms with Crippen LogP contribution in [0.3, 0.4) is 0 Å². The fourth-order valence-electron chi connectivity index (χ4n) is 3.26. The van der Waals surface area contributed by atoms with E-state index in [-0.39, 0.29) is 5.82 Å². The monoisotopic (exact) mass is 362 g/mol. The first kappa shape index (κ1) is 17.2. The normalized spacial score (nSPS) is 12.3. The third-order valence-electron chi connectivity index (χ3n) is 4.66. The minimum absolute atomic E-state index is 0.330. The van der Waals surface area contributed by atoms with Gasteiger partial charge in [0, 0.05) is 5.69 Å². The lowest BCUT2D eigenvalue weighted by Crippen LogP contribution is -1.96. The molecule has 1 heterocycles. The van der Waals surface area contributed by atoms with E-state index in [4.69, 9.17) is 4.74 Å². The topological polar surface area (TPSA) is 47.3 Å². The summed E-state index contributed by atoms with van der Waals surface area (Å²) in [7, 11) is 1.53. The van der Waals surface area contributed by atoms with Crippen molar-refractivity contribution in [3.8, 4) is 22.6 Å². The first-order valence-corrected chi connectivity index (χ1v) is 8.67. The first-order chi connectivity index (χ1) is 13.1. The standard InChI is InChI=1S/C22H19FN2O2/c1-14(26)15-9-10-20-19(12-15)24-13-25(20)17-6-3-5-16(11-17)22-18(23)7-4-8-21(22)27-2/h3-14,26H,1-2H3/t14-/m0/s1. The summed E-state index contributed by atoms with van der Waals surface area (Å²) in [5, 5.41) is 9.76. The summed E-state index contributed by atoms with van der Waals surface area (Å²) in [4.78, 5) is 4.44. The number of imidazole rings is 1. The maximum atomic E-state index is 14.4. The molecule has 0 amide bonds. The zero-order valence-electron chi connectivity index (χ0n) is 15.1. The van der Waals surface area contributed by atoms with Gasteiger partial charge in [0.1, 0.15) is 17.9 Å². The number of nitrogens with zero attached hydrogens (tertiary/aromatic N) is 2. The molecule has 0 aliphatic heterocycles. The number of ether oxygens (including phenoxy) is 1. The lowest BCUT2D eigenvalue weighted by Gasteiger charge is -2.12. The zero-order valence-corrected chi connectivity index (χ0v) is 15.1. The van der Waals surface area contributed by atoms with Gasteiger partial charge in [0.25, 0.3) is 0 Å². The Morgan fingerprint density at radius 1 is 1.07 bits per heavy atom. The van der Waals surface area contributed by atoms with Crippen LogP contribution in [0.1, 0.15) is 18.6 Å². The number of hydrogen-bond acceptors (Lipinski definition) is 3. The van der Waals surface area contributed by atoms with Crippen LogP contribution in [0.4, 0.5) is 4.39 Å². The van der Waals surface area contributed by atoms with E-state index in [1.807, 2.05) is 47.0 Å². The second-order valence-electron chi connectivity index (χ2n) is 6.41. The highest BCUT2D eigenvalue weighted by molar-refractivity contribution is 5.79. The van der Waals surface area contributed by atoms with Crippen molar-refractivity contribution in [2.45, 2.75) is 13.0 Å². The van der Waals surface area contributed by atoms with Crippen LogP contribution < -0.4 is 4.74 Å². The molecular formula is C22H19FN2O2. The van der Waals surface area contributed by atoms with E-state index in [0.717, 1.165) is 27.8 Å². The van der Waals surface area contributed by atoms with Crippen LogP contribution in [0.2, 0.25) is 0 Å². The number of benzene rings is 3. The minimum Gasteiger partial charge on any atom is -0.496 e. The summed E-state index contributed by atoms with van der Waals surface area (Å²) < 4.78 is 21.7.